The molecule has 0 aromatic heterocycles. The molecule has 0 heterocycles. The lowest BCUT2D eigenvalue weighted by molar-refractivity contribution is -0.384. The lowest BCUT2D eigenvalue weighted by atomic mass is 10.1. The zero-order chi connectivity index (χ0) is 17.7. The minimum absolute atomic E-state index is 0.0729. The van der Waals surface area contributed by atoms with Crippen molar-refractivity contribution < 1.29 is 14.5 Å². The maximum atomic E-state index is 12.4. The molecule has 6 heteroatoms. The summed E-state index contributed by atoms with van der Waals surface area (Å²) in [6, 6.07) is 11.6. The molecule has 6 nitrogen and oxygen atoms in total. The molecule has 2 aromatic rings. The highest BCUT2D eigenvalue weighted by atomic mass is 16.6. The summed E-state index contributed by atoms with van der Waals surface area (Å²) in [5.41, 5.74) is 2.29. The van der Waals surface area contributed by atoms with Gasteiger partial charge in [0.2, 0.25) is 0 Å². The Kier molecular flexibility index (Phi) is 5.52. The van der Waals surface area contributed by atoms with Crippen LogP contribution in [0.5, 0.6) is 5.75 Å². The maximum absolute atomic E-state index is 12.4. The Bertz CT molecular complexity index is 758. The molecule has 0 saturated heterocycles. The van der Waals surface area contributed by atoms with Crippen LogP contribution in [0.3, 0.4) is 0 Å². The minimum atomic E-state index is -0.676. The topological polar surface area (TPSA) is 81.5 Å². The van der Waals surface area contributed by atoms with Gasteiger partial charge in [-0.05, 0) is 43.5 Å². The molecule has 2 rings (SSSR count). The minimum Gasteiger partial charge on any atom is -0.480 e. The second kappa shape index (κ2) is 7.59. The van der Waals surface area contributed by atoms with E-state index in [2.05, 4.69) is 5.32 Å². The third kappa shape index (κ3) is 4.32. The Hall–Kier alpha value is -2.89. The van der Waals surface area contributed by atoms with Crippen LogP contribution >= 0.6 is 0 Å². The number of hydrogen-bond acceptors (Lipinski definition) is 4. The average Bonchev–Trinajstić information content (AvgIpc) is 2.55. The summed E-state index contributed by atoms with van der Waals surface area (Å²) in [4.78, 5) is 22.7. The molecule has 0 radical (unpaired) electrons. The largest absolute Gasteiger partial charge is 0.480 e. The number of nitrogens with one attached hydrogen (secondary N) is 1. The van der Waals surface area contributed by atoms with E-state index in [0.29, 0.717) is 17.9 Å². The third-order valence-corrected chi connectivity index (χ3v) is 3.60. The molecule has 0 aliphatic heterocycles. The normalized spacial score (nSPS) is 11.6. The van der Waals surface area contributed by atoms with Crippen molar-refractivity contribution in [2.45, 2.75) is 33.3 Å². The molecular weight excluding hydrogens is 308 g/mol. The number of hydrogen-bond donors (Lipinski definition) is 1. The van der Waals surface area contributed by atoms with Crippen LogP contribution < -0.4 is 10.1 Å². The van der Waals surface area contributed by atoms with Gasteiger partial charge in [0.25, 0.3) is 11.6 Å². The van der Waals surface area contributed by atoms with Gasteiger partial charge in [-0.25, -0.2) is 0 Å². The number of nitrogens with zero attached hydrogens (tertiary/aromatic N) is 1. The monoisotopic (exact) mass is 328 g/mol. The maximum Gasteiger partial charge on any atom is 0.271 e. The highest BCUT2D eigenvalue weighted by Gasteiger charge is 2.20. The first-order valence-electron chi connectivity index (χ1n) is 7.70. The first-order chi connectivity index (χ1) is 11.4. The molecular formula is C18H20N2O4. The number of nitro groups is 1. The Morgan fingerprint density at radius 2 is 2.00 bits per heavy atom. The van der Waals surface area contributed by atoms with E-state index in [9.17, 15) is 14.9 Å². The number of ether oxygens (including phenoxy) is 1. The molecule has 0 aliphatic carbocycles. The van der Waals surface area contributed by atoms with E-state index in [-0.39, 0.29) is 11.6 Å². The SMILES string of the molecule is CCC(Oc1cc(C)ccc1C)C(=O)Nc1cccc([N+](=O)[O-])c1. The molecule has 0 fully saturated rings. The van der Waals surface area contributed by atoms with E-state index in [1.165, 1.54) is 18.2 Å². The van der Waals surface area contributed by atoms with Gasteiger partial charge in [-0.15, -0.1) is 0 Å². The first kappa shape index (κ1) is 17.5. The first-order valence-corrected chi connectivity index (χ1v) is 7.70. The van der Waals surface area contributed by atoms with Crippen molar-refractivity contribution in [3.8, 4) is 5.75 Å². The fourth-order valence-corrected chi connectivity index (χ4v) is 2.23. The number of aryl methyl sites for hydroxylation is 2. The van der Waals surface area contributed by atoms with Crippen LogP contribution in [0.15, 0.2) is 42.5 Å². The van der Waals surface area contributed by atoms with Gasteiger partial charge < -0.3 is 10.1 Å². The second-order valence-electron chi connectivity index (χ2n) is 5.58. The molecule has 126 valence electrons. The number of amides is 1. The molecule has 1 atom stereocenters. The second-order valence-corrected chi connectivity index (χ2v) is 5.58. The number of carbonyl (C=O) groups is 1. The van der Waals surface area contributed by atoms with Crippen LogP contribution in [0.4, 0.5) is 11.4 Å². The lowest BCUT2D eigenvalue weighted by Gasteiger charge is -2.19. The van der Waals surface area contributed by atoms with Gasteiger partial charge in [0.1, 0.15) is 5.75 Å². The van der Waals surface area contributed by atoms with E-state index in [1.807, 2.05) is 39.0 Å². The zero-order valence-electron chi connectivity index (χ0n) is 13.9. The molecule has 0 saturated carbocycles. The van der Waals surface area contributed by atoms with Crippen LogP contribution in [0.2, 0.25) is 0 Å². The van der Waals surface area contributed by atoms with E-state index >= 15 is 0 Å². The number of anilines is 1. The highest BCUT2D eigenvalue weighted by molar-refractivity contribution is 5.94. The van der Waals surface area contributed by atoms with E-state index < -0.39 is 11.0 Å². The average molecular weight is 328 g/mol. The van der Waals surface area contributed by atoms with Gasteiger partial charge in [0.05, 0.1) is 4.92 Å². The predicted molar refractivity (Wildman–Crippen MR) is 92.3 cm³/mol. The van der Waals surface area contributed by atoms with Crippen molar-refractivity contribution in [1.29, 1.82) is 0 Å². The smallest absolute Gasteiger partial charge is 0.271 e. The number of carbonyl (C=O) groups excluding carboxylic acids is 1. The van der Waals surface area contributed by atoms with Crippen molar-refractivity contribution in [1.82, 2.24) is 0 Å². The Balaban J connectivity index is 2.13. The molecule has 1 unspecified atom stereocenters. The molecule has 1 N–H and O–H groups in total. The predicted octanol–water partition coefficient (Wildman–Crippen LogP) is 4.01. The zero-order valence-corrected chi connectivity index (χ0v) is 13.9. The van der Waals surface area contributed by atoms with E-state index in [0.717, 1.165) is 11.1 Å². The fraction of sp³-hybridized carbons (Fsp3) is 0.278. The number of rotatable bonds is 6. The molecule has 0 aliphatic rings. The van der Waals surface area contributed by atoms with Crippen LogP contribution in [0.25, 0.3) is 0 Å². The fourth-order valence-electron chi connectivity index (χ4n) is 2.23. The van der Waals surface area contributed by atoms with E-state index in [4.69, 9.17) is 4.74 Å². The summed E-state index contributed by atoms with van der Waals surface area (Å²) in [6.07, 6.45) is -0.196. The number of nitro benzene ring substituents is 1. The third-order valence-electron chi connectivity index (χ3n) is 3.60. The van der Waals surface area contributed by atoms with Crippen molar-refractivity contribution in [3.63, 3.8) is 0 Å². The van der Waals surface area contributed by atoms with Crippen LogP contribution in [0, 0.1) is 24.0 Å². The molecule has 1 amide bonds. The summed E-state index contributed by atoms with van der Waals surface area (Å²) in [5.74, 6) is 0.329. The van der Waals surface area contributed by atoms with Crippen LogP contribution in [0.1, 0.15) is 24.5 Å². The van der Waals surface area contributed by atoms with Crippen molar-refractivity contribution >= 4 is 17.3 Å². The summed E-state index contributed by atoms with van der Waals surface area (Å²) in [6.45, 7) is 5.72. The van der Waals surface area contributed by atoms with Gasteiger partial charge >= 0.3 is 0 Å². The summed E-state index contributed by atoms with van der Waals surface area (Å²) in [5, 5.41) is 13.5. The van der Waals surface area contributed by atoms with Gasteiger partial charge in [-0.2, -0.15) is 0 Å². The Morgan fingerprint density at radius 3 is 2.67 bits per heavy atom. The highest BCUT2D eigenvalue weighted by Crippen LogP contribution is 2.22. The Morgan fingerprint density at radius 1 is 1.25 bits per heavy atom. The van der Waals surface area contributed by atoms with E-state index in [1.54, 1.807) is 6.07 Å². The van der Waals surface area contributed by atoms with Crippen molar-refractivity contribution in [2.24, 2.45) is 0 Å². The van der Waals surface area contributed by atoms with Crippen LogP contribution in [-0.4, -0.2) is 16.9 Å². The summed E-state index contributed by atoms with van der Waals surface area (Å²) >= 11 is 0. The molecule has 24 heavy (non-hydrogen) atoms. The quantitative estimate of drug-likeness (QED) is 0.641. The lowest BCUT2D eigenvalue weighted by Crippen LogP contribution is -2.32. The standard InChI is InChI=1S/C18H20N2O4/c1-4-16(24-17-10-12(2)8-9-13(17)3)18(21)19-14-6-5-7-15(11-14)20(22)23/h5-11,16H,4H2,1-3H3,(H,19,21). The van der Waals surface area contributed by atoms with Gasteiger partial charge in [-0.3, -0.25) is 14.9 Å². The Labute approximate surface area is 140 Å². The van der Waals surface area contributed by atoms with Crippen molar-refractivity contribution in [2.75, 3.05) is 5.32 Å². The number of non-ortho nitro benzene ring substituents is 1. The van der Waals surface area contributed by atoms with Gasteiger partial charge in [0.15, 0.2) is 6.10 Å². The summed E-state index contributed by atoms with van der Waals surface area (Å²) < 4.78 is 5.84. The van der Waals surface area contributed by atoms with Crippen molar-refractivity contribution in [3.05, 3.63) is 63.7 Å². The molecule has 0 spiro atoms. The molecule has 2 aromatic carbocycles. The van der Waals surface area contributed by atoms with Crippen LogP contribution in [-0.2, 0) is 4.79 Å². The number of benzene rings is 2. The summed E-state index contributed by atoms with van der Waals surface area (Å²) in [7, 11) is 0. The van der Waals surface area contributed by atoms with Gasteiger partial charge in [0, 0.05) is 17.8 Å². The molecule has 0 bridgehead atoms. The van der Waals surface area contributed by atoms with Gasteiger partial charge in [-0.1, -0.05) is 25.1 Å².